The Balaban J connectivity index is 2.65. The Bertz CT molecular complexity index is 44.7. The van der Waals surface area contributed by atoms with Crippen molar-refractivity contribution >= 4 is 0 Å². The zero-order valence-electron chi connectivity index (χ0n) is 4.71. The van der Waals surface area contributed by atoms with Crippen LogP contribution in [0.5, 0.6) is 0 Å². The lowest BCUT2D eigenvalue weighted by molar-refractivity contribution is -0.829. The van der Waals surface area contributed by atoms with Crippen molar-refractivity contribution < 1.29 is 45.4 Å². The van der Waals surface area contributed by atoms with Crippen molar-refractivity contribution in [1.29, 1.82) is 0 Å². The third kappa shape index (κ3) is 7.64. The molecule has 0 fully saturated rings. The van der Waals surface area contributed by atoms with E-state index in [0.29, 0.717) is 0 Å². The van der Waals surface area contributed by atoms with Gasteiger partial charge in [0.05, 0.1) is 7.11 Å². The van der Waals surface area contributed by atoms with E-state index in [0.717, 1.165) is 7.11 Å². The first-order chi connectivity index (χ1) is 4.91. The topological polar surface area (TPSA) is 94.1 Å². The summed E-state index contributed by atoms with van der Waals surface area (Å²) in [4.78, 5) is 3.84. The molecule has 10 heavy (non-hydrogen) atoms. The predicted octanol–water partition coefficient (Wildman–Crippen LogP) is -0.373. The number of rotatable bonds is 7. The zero-order valence-corrected chi connectivity index (χ0v) is 4.71. The second-order valence-electron chi connectivity index (χ2n) is 0.649. The van der Waals surface area contributed by atoms with E-state index in [2.05, 4.69) is 40.2 Å². The van der Waals surface area contributed by atoms with E-state index in [9.17, 15) is 0 Å². The summed E-state index contributed by atoms with van der Waals surface area (Å²) in [5.41, 5.74) is 0. The summed E-state index contributed by atoms with van der Waals surface area (Å²) >= 11 is 0. The van der Waals surface area contributed by atoms with Gasteiger partial charge in [0, 0.05) is 0 Å². The predicted molar refractivity (Wildman–Crippen MR) is 17.2 cm³/mol. The van der Waals surface area contributed by atoms with Crippen molar-refractivity contribution in [2.24, 2.45) is 0 Å². The highest BCUT2D eigenvalue weighted by atomic mass is 17.9. The van der Waals surface area contributed by atoms with Gasteiger partial charge >= 0.3 is 0 Å². The maximum Gasteiger partial charge on any atom is 0.0745 e. The minimum Gasteiger partial charge on any atom is -0.219 e. The van der Waals surface area contributed by atoms with Crippen LogP contribution in [0.1, 0.15) is 0 Å². The van der Waals surface area contributed by atoms with Gasteiger partial charge in [-0.1, -0.05) is 0 Å². The maximum absolute atomic E-state index is 7.39. The van der Waals surface area contributed by atoms with Crippen molar-refractivity contribution in [3.8, 4) is 0 Å². The van der Waals surface area contributed by atoms with Gasteiger partial charge < -0.3 is 0 Å². The fraction of sp³-hybridized carbons (Fsp3) is 1.00. The molecule has 0 saturated carbocycles. The van der Waals surface area contributed by atoms with Gasteiger partial charge in [0.15, 0.2) is 0 Å². The van der Waals surface area contributed by atoms with Crippen LogP contribution < -0.4 is 0 Å². The molecular weight excluding hydrogens is 156 g/mol. The van der Waals surface area contributed by atoms with Crippen molar-refractivity contribution in [1.82, 2.24) is 0 Å². The lowest BCUT2D eigenvalue weighted by Gasteiger charge is -1.94. The molecule has 0 spiro atoms. The summed E-state index contributed by atoms with van der Waals surface area (Å²) in [5.74, 6) is 0. The largest absolute Gasteiger partial charge is 0.219 e. The van der Waals surface area contributed by atoms with Crippen LogP contribution in [0.2, 0.25) is 0 Å². The lowest BCUT2D eigenvalue weighted by Crippen LogP contribution is -1.99. The van der Waals surface area contributed by atoms with E-state index < -0.39 is 0 Å². The fourth-order valence-corrected chi connectivity index (χ4v) is 0.0856. The fourth-order valence-electron chi connectivity index (χ4n) is 0.0856. The molecule has 0 aromatic carbocycles. The molecule has 0 aliphatic heterocycles. The minimum atomic E-state index is 1.15. The van der Waals surface area contributed by atoms with Crippen LogP contribution in [0.25, 0.3) is 0 Å². The average Bonchev–Trinajstić information content (AvgIpc) is 1.97. The molecule has 1 N–H and O–H groups in total. The Labute approximate surface area is 53.9 Å². The molecule has 0 aromatic rings. The first kappa shape index (κ1) is 9.64. The van der Waals surface area contributed by atoms with E-state index in [1.807, 2.05) is 0 Å². The van der Waals surface area contributed by atoms with Crippen LogP contribution in [-0.2, 0) is 40.2 Å². The van der Waals surface area contributed by atoms with Gasteiger partial charge in [-0.2, -0.15) is 0 Å². The van der Waals surface area contributed by atoms with Crippen molar-refractivity contribution in [3.63, 3.8) is 0 Å². The molecule has 0 aromatic heterocycles. The zero-order chi connectivity index (χ0) is 7.66. The summed E-state index contributed by atoms with van der Waals surface area (Å²) in [6.07, 6.45) is 0. The Morgan fingerprint density at radius 3 is 1.80 bits per heavy atom. The SMILES string of the molecule is COOOOOOOOO. The van der Waals surface area contributed by atoms with Crippen LogP contribution in [0.15, 0.2) is 0 Å². The molecule has 0 rings (SSSR count). The highest BCUT2D eigenvalue weighted by Crippen LogP contribution is 1.85. The van der Waals surface area contributed by atoms with Crippen LogP contribution >= 0.6 is 0 Å². The molecule has 0 unspecified atom stereocenters. The molecular formula is CH4O9. The third-order valence-corrected chi connectivity index (χ3v) is 0.237. The lowest BCUT2D eigenvalue weighted by atomic mass is 11.8. The van der Waals surface area contributed by atoms with Crippen LogP contribution in [-0.4, -0.2) is 12.4 Å². The molecule has 0 heterocycles. The molecule has 0 saturated heterocycles. The average molecular weight is 160 g/mol. The number of hydrogen-bond acceptors (Lipinski definition) is 9. The Kier molecular flexibility index (Phi) is 8.33. The first-order valence-corrected chi connectivity index (χ1v) is 1.76. The standard InChI is InChI=1S/CH4O9/c1-3-5-7-9-10-8-6-4-2/h2H,1H3. The summed E-state index contributed by atoms with van der Waals surface area (Å²) in [5, 5.41) is 31.0. The van der Waals surface area contributed by atoms with Crippen LogP contribution in [0.4, 0.5) is 0 Å². The Morgan fingerprint density at radius 1 is 0.800 bits per heavy atom. The minimum absolute atomic E-state index is 1.15. The highest BCUT2D eigenvalue weighted by Gasteiger charge is 1.91. The Hall–Kier alpha value is -0.360. The molecule has 0 aliphatic rings. The monoisotopic (exact) mass is 160 g/mol. The van der Waals surface area contributed by atoms with Crippen molar-refractivity contribution in [3.05, 3.63) is 0 Å². The molecule has 0 bridgehead atoms. The third-order valence-electron chi connectivity index (χ3n) is 0.237. The second-order valence-corrected chi connectivity index (χ2v) is 0.649. The molecule has 9 nitrogen and oxygen atoms in total. The van der Waals surface area contributed by atoms with Gasteiger partial charge in [0.2, 0.25) is 0 Å². The van der Waals surface area contributed by atoms with E-state index >= 15 is 0 Å². The molecule has 0 amide bonds. The van der Waals surface area contributed by atoms with Crippen molar-refractivity contribution in [2.75, 3.05) is 7.11 Å². The van der Waals surface area contributed by atoms with E-state index in [1.54, 1.807) is 0 Å². The summed E-state index contributed by atoms with van der Waals surface area (Å²) < 4.78 is 0. The van der Waals surface area contributed by atoms with Gasteiger partial charge in [-0.25, -0.2) is 10.1 Å². The molecule has 0 atom stereocenters. The Morgan fingerprint density at radius 2 is 1.30 bits per heavy atom. The van der Waals surface area contributed by atoms with Crippen molar-refractivity contribution in [2.45, 2.75) is 0 Å². The summed E-state index contributed by atoms with van der Waals surface area (Å²) in [6, 6.07) is 0. The van der Waals surface area contributed by atoms with Crippen LogP contribution in [0, 0.1) is 0 Å². The normalized spacial score (nSPS) is 10.2. The van der Waals surface area contributed by atoms with E-state index in [1.165, 1.54) is 0 Å². The van der Waals surface area contributed by atoms with E-state index in [4.69, 9.17) is 5.26 Å². The molecule has 62 valence electrons. The van der Waals surface area contributed by atoms with E-state index in [-0.39, 0.29) is 0 Å². The number of hydrogen-bond donors (Lipinski definition) is 1. The second kappa shape index (κ2) is 8.64. The van der Waals surface area contributed by atoms with Gasteiger partial charge in [0.1, 0.15) is 0 Å². The highest BCUT2D eigenvalue weighted by molar-refractivity contribution is 3.35. The summed E-state index contributed by atoms with van der Waals surface area (Å²) in [7, 11) is 1.15. The van der Waals surface area contributed by atoms with Gasteiger partial charge in [-0.3, -0.25) is 0 Å². The van der Waals surface area contributed by atoms with Gasteiger partial charge in [0.25, 0.3) is 0 Å². The maximum atomic E-state index is 7.39. The quantitative estimate of drug-likeness (QED) is 0.304. The van der Waals surface area contributed by atoms with Gasteiger partial charge in [-0.15, -0.1) is 0 Å². The van der Waals surface area contributed by atoms with Gasteiger partial charge in [-0.05, 0) is 35.3 Å². The summed E-state index contributed by atoms with van der Waals surface area (Å²) in [6.45, 7) is 0. The molecule has 0 radical (unpaired) electrons. The molecule has 9 heteroatoms. The smallest absolute Gasteiger partial charge is 0.0745 e. The molecule has 0 aliphatic carbocycles. The first-order valence-electron chi connectivity index (χ1n) is 1.76. The van der Waals surface area contributed by atoms with Crippen LogP contribution in [0.3, 0.4) is 0 Å².